The molecular weight excluding hydrogens is 208 g/mol. The van der Waals surface area contributed by atoms with E-state index in [0.29, 0.717) is 5.70 Å². The van der Waals surface area contributed by atoms with Gasteiger partial charge in [0.1, 0.15) is 0 Å². The minimum atomic E-state index is -0.477. The predicted molar refractivity (Wildman–Crippen MR) is 56.0 cm³/mol. The van der Waals surface area contributed by atoms with Gasteiger partial charge in [-0.05, 0) is 12.1 Å². The van der Waals surface area contributed by atoms with Crippen LogP contribution in [0, 0.1) is 0 Å². The Balaban J connectivity index is 2.09. The summed E-state index contributed by atoms with van der Waals surface area (Å²) in [5.74, 6) is -0.477. The van der Waals surface area contributed by atoms with Gasteiger partial charge in [-0.25, -0.2) is 4.79 Å². The van der Waals surface area contributed by atoms with Gasteiger partial charge in [0.2, 0.25) is 0 Å². The molecule has 1 heterocycles. The Kier molecular flexibility index (Phi) is 2.93. The van der Waals surface area contributed by atoms with Crippen molar-refractivity contribution in [1.82, 2.24) is 10.6 Å². The molecule has 0 saturated carbocycles. The van der Waals surface area contributed by atoms with Crippen molar-refractivity contribution in [3.05, 3.63) is 42.2 Å². The molecule has 0 aromatic heterocycles. The maximum atomic E-state index is 11.1. The Morgan fingerprint density at radius 2 is 2.12 bits per heavy atom. The maximum absolute atomic E-state index is 11.1. The summed E-state index contributed by atoms with van der Waals surface area (Å²) in [6.07, 6.45) is 1.34. The van der Waals surface area contributed by atoms with Crippen molar-refractivity contribution in [2.45, 2.75) is 0 Å². The highest BCUT2D eigenvalue weighted by atomic mass is 16.7. The van der Waals surface area contributed by atoms with Crippen LogP contribution in [0.15, 0.2) is 52.5 Å². The predicted octanol–water partition coefficient (Wildman–Crippen LogP) is 1.52. The molecule has 1 fully saturated rings. The van der Waals surface area contributed by atoms with Gasteiger partial charge in [0, 0.05) is 7.05 Å². The highest BCUT2D eigenvalue weighted by Gasteiger charge is 2.24. The normalized spacial score (nSPS) is 18.4. The van der Waals surface area contributed by atoms with E-state index in [1.807, 2.05) is 30.3 Å². The Labute approximate surface area is 92.2 Å². The quantitative estimate of drug-likeness (QED) is 0.603. The van der Waals surface area contributed by atoms with E-state index >= 15 is 0 Å². The van der Waals surface area contributed by atoms with Gasteiger partial charge in [-0.15, -0.1) is 0 Å². The fourth-order valence-corrected chi connectivity index (χ4v) is 1.13. The summed E-state index contributed by atoms with van der Waals surface area (Å²) in [7, 11) is 1.65. The fourth-order valence-electron chi connectivity index (χ4n) is 1.13. The average molecular weight is 218 g/mol. The molecule has 0 amide bonds. The zero-order valence-corrected chi connectivity index (χ0v) is 8.62. The SMILES string of the molecule is CN1NOC(=O)/C1=C/N=Nc1ccccc1. The zero-order valence-electron chi connectivity index (χ0n) is 8.62. The van der Waals surface area contributed by atoms with Gasteiger partial charge in [-0.2, -0.15) is 10.2 Å². The molecule has 0 spiro atoms. The first-order valence-corrected chi connectivity index (χ1v) is 4.64. The number of nitrogens with zero attached hydrogens (tertiary/aromatic N) is 3. The average Bonchev–Trinajstić information content (AvgIpc) is 2.62. The lowest BCUT2D eigenvalue weighted by Crippen LogP contribution is -2.23. The highest BCUT2D eigenvalue weighted by molar-refractivity contribution is 5.88. The summed E-state index contributed by atoms with van der Waals surface area (Å²) < 4.78 is 0. The number of benzene rings is 1. The van der Waals surface area contributed by atoms with Crippen LogP contribution in [0.25, 0.3) is 0 Å². The highest BCUT2D eigenvalue weighted by Crippen LogP contribution is 2.12. The molecular formula is C10H10N4O2. The van der Waals surface area contributed by atoms with Crippen LogP contribution in [0.4, 0.5) is 5.69 Å². The van der Waals surface area contributed by atoms with Gasteiger partial charge in [0.05, 0.1) is 11.9 Å². The third kappa shape index (κ3) is 2.23. The lowest BCUT2D eigenvalue weighted by Gasteiger charge is -2.04. The first-order valence-electron chi connectivity index (χ1n) is 4.64. The summed E-state index contributed by atoms with van der Waals surface area (Å²) in [4.78, 5) is 15.7. The molecule has 1 aromatic carbocycles. The van der Waals surface area contributed by atoms with Crippen molar-refractivity contribution in [3.8, 4) is 0 Å². The molecule has 0 bridgehead atoms. The lowest BCUT2D eigenvalue weighted by molar-refractivity contribution is -0.142. The van der Waals surface area contributed by atoms with Gasteiger partial charge >= 0.3 is 5.97 Å². The standard InChI is InChI=1S/C10H10N4O2/c1-14-9(10(15)16-13-14)7-11-12-8-5-3-2-4-6-8/h2-7,13H,1H3/b9-7-,12-11?. The van der Waals surface area contributed by atoms with Crippen molar-refractivity contribution in [1.29, 1.82) is 0 Å². The Morgan fingerprint density at radius 3 is 2.75 bits per heavy atom. The number of hydrazine groups is 1. The smallest absolute Gasteiger partial charge is 0.345 e. The molecule has 0 radical (unpaired) electrons. The van der Waals surface area contributed by atoms with Crippen LogP contribution in [0.2, 0.25) is 0 Å². The second-order valence-corrected chi connectivity index (χ2v) is 3.11. The van der Waals surface area contributed by atoms with Gasteiger partial charge in [-0.1, -0.05) is 23.8 Å². The van der Waals surface area contributed by atoms with E-state index in [0.717, 1.165) is 5.69 Å². The summed E-state index contributed by atoms with van der Waals surface area (Å²) in [5, 5.41) is 9.15. The van der Waals surface area contributed by atoms with Crippen LogP contribution >= 0.6 is 0 Å². The molecule has 1 aliphatic heterocycles. The second-order valence-electron chi connectivity index (χ2n) is 3.11. The summed E-state index contributed by atoms with van der Waals surface area (Å²) >= 11 is 0. The van der Waals surface area contributed by atoms with Crippen LogP contribution in [0.3, 0.4) is 0 Å². The van der Waals surface area contributed by atoms with E-state index in [9.17, 15) is 4.79 Å². The summed E-state index contributed by atoms with van der Waals surface area (Å²) in [5.41, 5.74) is 3.41. The minimum Gasteiger partial charge on any atom is -0.345 e. The largest absolute Gasteiger partial charge is 0.378 e. The van der Waals surface area contributed by atoms with E-state index < -0.39 is 5.97 Å². The van der Waals surface area contributed by atoms with Crippen LogP contribution in [0.1, 0.15) is 0 Å². The van der Waals surface area contributed by atoms with Gasteiger partial charge in [0.25, 0.3) is 0 Å². The molecule has 6 nitrogen and oxygen atoms in total. The van der Waals surface area contributed by atoms with Crippen molar-refractivity contribution in [2.75, 3.05) is 7.05 Å². The number of carbonyl (C=O) groups excluding carboxylic acids is 1. The number of likely N-dealkylation sites (N-methyl/N-ethyl adjacent to an activating group) is 1. The summed E-state index contributed by atoms with van der Waals surface area (Å²) in [6.45, 7) is 0. The van der Waals surface area contributed by atoms with E-state index in [1.54, 1.807) is 7.05 Å². The third-order valence-electron chi connectivity index (χ3n) is 1.96. The van der Waals surface area contributed by atoms with E-state index in [2.05, 4.69) is 20.7 Å². The Bertz CT molecular complexity index is 441. The van der Waals surface area contributed by atoms with Crippen molar-refractivity contribution in [3.63, 3.8) is 0 Å². The van der Waals surface area contributed by atoms with E-state index in [1.165, 1.54) is 11.2 Å². The zero-order chi connectivity index (χ0) is 11.4. The van der Waals surface area contributed by atoms with Crippen LogP contribution in [0.5, 0.6) is 0 Å². The molecule has 1 aromatic rings. The molecule has 82 valence electrons. The minimum absolute atomic E-state index is 0.305. The van der Waals surface area contributed by atoms with Gasteiger partial charge in [-0.3, -0.25) is 5.01 Å². The number of azo groups is 1. The van der Waals surface area contributed by atoms with Crippen molar-refractivity contribution in [2.24, 2.45) is 10.2 Å². The molecule has 0 unspecified atom stereocenters. The number of carbonyl (C=O) groups is 1. The summed E-state index contributed by atoms with van der Waals surface area (Å²) in [6, 6.07) is 9.25. The monoisotopic (exact) mass is 218 g/mol. The first kappa shape index (κ1) is 10.3. The lowest BCUT2D eigenvalue weighted by atomic mass is 10.3. The Hall–Kier alpha value is -2.21. The van der Waals surface area contributed by atoms with Crippen LogP contribution in [-0.4, -0.2) is 18.0 Å². The molecule has 6 heteroatoms. The van der Waals surface area contributed by atoms with E-state index in [-0.39, 0.29) is 0 Å². The Morgan fingerprint density at radius 1 is 1.38 bits per heavy atom. The second kappa shape index (κ2) is 4.54. The molecule has 0 atom stereocenters. The molecule has 16 heavy (non-hydrogen) atoms. The fraction of sp³-hybridized carbons (Fsp3) is 0.100. The number of hydrogen-bond acceptors (Lipinski definition) is 6. The number of hydrogen-bond donors (Lipinski definition) is 1. The number of nitrogens with one attached hydrogen (secondary N) is 1. The molecule has 1 N–H and O–H groups in total. The van der Waals surface area contributed by atoms with Gasteiger partial charge < -0.3 is 4.84 Å². The van der Waals surface area contributed by atoms with Crippen LogP contribution < -0.4 is 5.59 Å². The van der Waals surface area contributed by atoms with Crippen LogP contribution in [-0.2, 0) is 9.63 Å². The topological polar surface area (TPSA) is 66.3 Å². The molecule has 1 aliphatic rings. The van der Waals surface area contributed by atoms with Crippen molar-refractivity contribution >= 4 is 11.7 Å². The first-order chi connectivity index (χ1) is 7.77. The molecule has 2 rings (SSSR count). The van der Waals surface area contributed by atoms with E-state index in [4.69, 9.17) is 0 Å². The number of rotatable bonds is 2. The molecule has 0 aliphatic carbocycles. The van der Waals surface area contributed by atoms with Crippen molar-refractivity contribution < 1.29 is 9.63 Å². The van der Waals surface area contributed by atoms with Gasteiger partial charge in [0.15, 0.2) is 5.70 Å². The molecule has 1 saturated heterocycles. The third-order valence-corrected chi connectivity index (χ3v) is 1.96. The maximum Gasteiger partial charge on any atom is 0.378 e.